The van der Waals surface area contributed by atoms with Gasteiger partial charge in [0.2, 0.25) is 23.6 Å². The molecule has 3 heterocycles. The van der Waals surface area contributed by atoms with Crippen LogP contribution in [-0.2, 0) is 29.5 Å². The first-order chi connectivity index (χ1) is 16.7. The average molecular weight is 497 g/mol. The number of nitrogens with zero attached hydrogens (tertiary/aromatic N) is 1. The summed E-state index contributed by atoms with van der Waals surface area (Å²) in [5.41, 5.74) is 5.22. The van der Waals surface area contributed by atoms with Crippen molar-refractivity contribution in [1.29, 1.82) is 0 Å². The van der Waals surface area contributed by atoms with Gasteiger partial charge in [0.05, 0.1) is 29.7 Å². The van der Waals surface area contributed by atoms with Crippen molar-refractivity contribution < 1.29 is 28.7 Å². The highest BCUT2D eigenvalue weighted by atomic mass is 35.5. The minimum absolute atomic E-state index is 0.205. The molecule has 3 aliphatic heterocycles. The van der Waals surface area contributed by atoms with Gasteiger partial charge in [-0.2, -0.15) is 0 Å². The Morgan fingerprint density at radius 3 is 2.49 bits per heavy atom. The SMILES string of the molecule is CCOC(=O)c1ccc(N2C(=O)[C@H]3[C@H](CC(N)=O)N[C@]4(C(=O)Nc5ccc(Cl)cc54)[C@@H]3C2=O)cc1. The minimum Gasteiger partial charge on any atom is -0.462 e. The molecule has 11 heteroatoms. The van der Waals surface area contributed by atoms with Crippen molar-refractivity contribution in [2.45, 2.75) is 24.9 Å². The first-order valence-corrected chi connectivity index (χ1v) is 11.4. The van der Waals surface area contributed by atoms with E-state index in [0.29, 0.717) is 16.3 Å². The molecule has 0 bridgehead atoms. The third kappa shape index (κ3) is 3.32. The van der Waals surface area contributed by atoms with Crippen molar-refractivity contribution in [2.75, 3.05) is 16.8 Å². The smallest absolute Gasteiger partial charge is 0.338 e. The molecule has 2 aromatic carbocycles. The van der Waals surface area contributed by atoms with Crippen LogP contribution in [0.2, 0.25) is 5.02 Å². The number of nitrogens with two attached hydrogens (primary N) is 1. The van der Waals surface area contributed by atoms with Crippen LogP contribution in [-0.4, -0.2) is 42.2 Å². The number of nitrogens with one attached hydrogen (secondary N) is 2. The zero-order valence-electron chi connectivity index (χ0n) is 18.5. The maximum absolute atomic E-state index is 13.8. The van der Waals surface area contributed by atoms with Gasteiger partial charge in [0.15, 0.2) is 0 Å². The molecule has 4 N–H and O–H groups in total. The van der Waals surface area contributed by atoms with Gasteiger partial charge in [-0.05, 0) is 49.4 Å². The number of rotatable bonds is 5. The highest BCUT2D eigenvalue weighted by Crippen LogP contribution is 2.54. The van der Waals surface area contributed by atoms with Crippen LogP contribution in [0.25, 0.3) is 0 Å². The topological polar surface area (TPSA) is 148 Å². The summed E-state index contributed by atoms with van der Waals surface area (Å²) in [7, 11) is 0. The summed E-state index contributed by atoms with van der Waals surface area (Å²) in [4.78, 5) is 65.6. The largest absolute Gasteiger partial charge is 0.462 e. The number of carbonyl (C=O) groups excluding carboxylic acids is 5. The third-order valence-electron chi connectivity index (χ3n) is 6.73. The fourth-order valence-corrected chi connectivity index (χ4v) is 5.55. The number of benzene rings is 2. The Morgan fingerprint density at radius 1 is 1.11 bits per heavy atom. The number of halogens is 1. The summed E-state index contributed by atoms with van der Waals surface area (Å²) in [5.74, 6) is -5.05. The van der Waals surface area contributed by atoms with E-state index in [1.54, 1.807) is 25.1 Å². The van der Waals surface area contributed by atoms with E-state index in [1.807, 2.05) is 0 Å². The van der Waals surface area contributed by atoms with Crippen LogP contribution in [0.5, 0.6) is 0 Å². The predicted octanol–water partition coefficient (Wildman–Crippen LogP) is 1.32. The fourth-order valence-electron chi connectivity index (χ4n) is 5.38. The minimum atomic E-state index is -1.60. The molecule has 4 amide bonds. The van der Waals surface area contributed by atoms with E-state index in [9.17, 15) is 24.0 Å². The van der Waals surface area contributed by atoms with Crippen LogP contribution >= 0.6 is 11.6 Å². The summed E-state index contributed by atoms with van der Waals surface area (Å²) in [6.07, 6.45) is -0.249. The highest BCUT2D eigenvalue weighted by molar-refractivity contribution is 6.31. The van der Waals surface area contributed by atoms with Crippen molar-refractivity contribution in [3.8, 4) is 0 Å². The Kier molecular flexibility index (Phi) is 5.37. The Morgan fingerprint density at radius 2 is 1.83 bits per heavy atom. The van der Waals surface area contributed by atoms with E-state index in [0.717, 1.165) is 4.90 Å². The van der Waals surface area contributed by atoms with Gasteiger partial charge in [-0.25, -0.2) is 9.69 Å². The zero-order chi connectivity index (χ0) is 25.1. The van der Waals surface area contributed by atoms with E-state index in [1.165, 1.54) is 24.3 Å². The summed E-state index contributed by atoms with van der Waals surface area (Å²) < 4.78 is 4.97. The van der Waals surface area contributed by atoms with Crippen molar-refractivity contribution in [3.63, 3.8) is 0 Å². The van der Waals surface area contributed by atoms with Crippen LogP contribution < -0.4 is 21.3 Å². The first-order valence-electron chi connectivity index (χ1n) is 11.0. The van der Waals surface area contributed by atoms with Crippen LogP contribution in [0.1, 0.15) is 29.3 Å². The molecular formula is C24H21ClN4O6. The molecule has 10 nitrogen and oxygen atoms in total. The van der Waals surface area contributed by atoms with E-state index in [2.05, 4.69) is 10.6 Å². The van der Waals surface area contributed by atoms with Crippen molar-refractivity contribution in [2.24, 2.45) is 17.6 Å². The van der Waals surface area contributed by atoms with Crippen LogP contribution in [0.4, 0.5) is 11.4 Å². The Balaban J connectivity index is 1.59. The molecule has 35 heavy (non-hydrogen) atoms. The number of ether oxygens (including phenoxy) is 1. The predicted molar refractivity (Wildman–Crippen MR) is 124 cm³/mol. The molecule has 2 aromatic rings. The van der Waals surface area contributed by atoms with Crippen LogP contribution in [0, 0.1) is 11.8 Å². The van der Waals surface area contributed by atoms with Crippen molar-refractivity contribution in [1.82, 2.24) is 5.32 Å². The maximum Gasteiger partial charge on any atom is 0.338 e. The molecule has 0 aromatic heterocycles. The van der Waals surface area contributed by atoms with Gasteiger partial charge in [-0.1, -0.05) is 11.6 Å². The fraction of sp³-hybridized carbons (Fsp3) is 0.292. The molecule has 180 valence electrons. The average Bonchev–Trinajstić information content (AvgIpc) is 3.38. The number of esters is 1. The van der Waals surface area contributed by atoms with Gasteiger partial charge in [0, 0.05) is 28.7 Å². The van der Waals surface area contributed by atoms with Gasteiger partial charge in [-0.15, -0.1) is 0 Å². The normalized spacial score (nSPS) is 26.6. The lowest BCUT2D eigenvalue weighted by molar-refractivity contribution is -0.130. The quantitative estimate of drug-likeness (QED) is 0.417. The van der Waals surface area contributed by atoms with Crippen LogP contribution in [0.3, 0.4) is 0 Å². The molecule has 2 saturated heterocycles. The first kappa shape index (κ1) is 23.0. The standard InChI is InChI=1S/C24H21ClN4O6/c1-2-35-22(33)11-3-6-13(7-4-11)29-20(31)18-16(10-17(26)30)28-24(19(18)21(29)32)14-9-12(25)5-8-15(14)27-23(24)34/h3-9,16,18-19,28H,2,10H2,1H3,(H2,26,30)(H,27,34)/t16-,18-,19-,24-/m0/s1. The molecule has 2 fully saturated rings. The van der Waals surface area contributed by atoms with Gasteiger partial charge in [-0.3, -0.25) is 24.5 Å². The van der Waals surface area contributed by atoms with Gasteiger partial charge in [0.25, 0.3) is 0 Å². The number of fused-ring (bicyclic) bond motifs is 4. The molecule has 5 rings (SSSR count). The molecule has 0 aliphatic carbocycles. The van der Waals surface area contributed by atoms with E-state index < -0.39 is 53.0 Å². The lowest BCUT2D eigenvalue weighted by atomic mass is 9.76. The number of carbonyl (C=O) groups is 5. The van der Waals surface area contributed by atoms with Crippen LogP contribution in [0.15, 0.2) is 42.5 Å². The van der Waals surface area contributed by atoms with Crippen molar-refractivity contribution >= 4 is 52.6 Å². The molecule has 3 aliphatic rings. The number of anilines is 2. The lowest BCUT2D eigenvalue weighted by Crippen LogP contribution is -2.53. The maximum atomic E-state index is 13.8. The van der Waals surface area contributed by atoms with Gasteiger partial charge in [0.1, 0.15) is 5.54 Å². The van der Waals surface area contributed by atoms with E-state index in [-0.39, 0.29) is 24.3 Å². The van der Waals surface area contributed by atoms with Gasteiger partial charge >= 0.3 is 5.97 Å². The van der Waals surface area contributed by atoms with E-state index >= 15 is 0 Å². The lowest BCUT2D eigenvalue weighted by Gasteiger charge is -2.29. The van der Waals surface area contributed by atoms with Crippen molar-refractivity contribution in [3.05, 3.63) is 58.6 Å². The second kappa shape index (κ2) is 8.17. The summed E-state index contributed by atoms with van der Waals surface area (Å²) in [6.45, 7) is 1.89. The van der Waals surface area contributed by atoms with E-state index in [4.69, 9.17) is 22.1 Å². The Labute approximate surface area is 204 Å². The Bertz CT molecular complexity index is 1300. The van der Waals surface area contributed by atoms with Gasteiger partial charge < -0.3 is 15.8 Å². The summed E-state index contributed by atoms with van der Waals surface area (Å²) in [5, 5.41) is 6.21. The molecule has 0 unspecified atom stereocenters. The second-order valence-electron chi connectivity index (χ2n) is 8.66. The summed E-state index contributed by atoms with van der Waals surface area (Å²) in [6, 6.07) is 9.77. The zero-order valence-corrected chi connectivity index (χ0v) is 19.3. The number of amides is 4. The number of imide groups is 1. The number of hydrogen-bond donors (Lipinski definition) is 3. The molecule has 0 radical (unpaired) electrons. The molecule has 1 spiro atoms. The molecular weight excluding hydrogens is 476 g/mol. The monoisotopic (exact) mass is 496 g/mol. The second-order valence-corrected chi connectivity index (χ2v) is 9.09. The molecule has 4 atom stereocenters. The Hall–Kier alpha value is -3.76. The highest BCUT2D eigenvalue weighted by Gasteiger charge is 2.70. The third-order valence-corrected chi connectivity index (χ3v) is 6.97. The number of hydrogen-bond acceptors (Lipinski definition) is 7. The molecule has 0 saturated carbocycles. The summed E-state index contributed by atoms with van der Waals surface area (Å²) >= 11 is 6.21. The number of primary amides is 1.